The zero-order valence-corrected chi connectivity index (χ0v) is 21.0. The summed E-state index contributed by atoms with van der Waals surface area (Å²) >= 11 is 3.40. The van der Waals surface area contributed by atoms with Gasteiger partial charge in [0.05, 0.1) is 11.4 Å². The van der Waals surface area contributed by atoms with E-state index in [1.54, 1.807) is 33.2 Å². The molecule has 1 N–H and O–H groups in total. The molecule has 4 rings (SSSR count). The molecule has 2 atom stereocenters. The third-order valence-corrected chi connectivity index (χ3v) is 6.56. The first-order chi connectivity index (χ1) is 16.1. The lowest BCUT2D eigenvalue weighted by atomic mass is 9.97. The fourth-order valence-corrected chi connectivity index (χ4v) is 4.20. The minimum atomic E-state index is -1.46. The standard InChI is InChI=1S/C25H26BrN3O5/c1-15(16-8-6-5-7-9-16)27-24(32)25(2)14-33-21-18-11-10-17(26)12-19(18)34-22(21)23(31)29(25)13-20(30)28(3)4/h5-12,15H,13-14H2,1-4H3,(H,27,32)/t15?,25-/m1/s1. The monoisotopic (exact) mass is 527 g/mol. The Hall–Kier alpha value is -3.33. The summed E-state index contributed by atoms with van der Waals surface area (Å²) in [6.45, 7) is 3.01. The molecule has 0 aliphatic carbocycles. The Labute approximate surface area is 206 Å². The van der Waals surface area contributed by atoms with Crippen molar-refractivity contribution in [2.75, 3.05) is 27.2 Å². The number of hydrogen-bond acceptors (Lipinski definition) is 5. The van der Waals surface area contributed by atoms with Crippen LogP contribution in [0.5, 0.6) is 5.75 Å². The molecule has 34 heavy (non-hydrogen) atoms. The van der Waals surface area contributed by atoms with Crippen LogP contribution in [-0.2, 0) is 9.59 Å². The van der Waals surface area contributed by atoms with E-state index >= 15 is 0 Å². The second-order valence-electron chi connectivity index (χ2n) is 8.75. The highest BCUT2D eigenvalue weighted by Gasteiger charge is 2.49. The van der Waals surface area contributed by atoms with Crippen molar-refractivity contribution in [1.82, 2.24) is 15.1 Å². The molecule has 8 nitrogen and oxygen atoms in total. The highest BCUT2D eigenvalue weighted by atomic mass is 79.9. The van der Waals surface area contributed by atoms with E-state index in [-0.39, 0.29) is 36.6 Å². The number of furan rings is 1. The lowest BCUT2D eigenvalue weighted by Gasteiger charge is -2.38. The maximum absolute atomic E-state index is 13.7. The van der Waals surface area contributed by atoms with Crippen molar-refractivity contribution < 1.29 is 23.5 Å². The molecular formula is C25H26BrN3O5. The van der Waals surface area contributed by atoms with E-state index in [1.165, 1.54) is 9.80 Å². The van der Waals surface area contributed by atoms with Crippen molar-refractivity contribution in [2.45, 2.75) is 25.4 Å². The molecule has 3 amide bonds. The molecule has 0 fully saturated rings. The molecule has 178 valence electrons. The average molecular weight is 528 g/mol. The quantitative estimate of drug-likeness (QED) is 0.545. The number of rotatable bonds is 5. The highest BCUT2D eigenvalue weighted by molar-refractivity contribution is 9.10. The molecule has 2 aromatic carbocycles. The molecule has 1 aliphatic rings. The van der Waals surface area contributed by atoms with E-state index in [1.807, 2.05) is 43.3 Å². The molecule has 2 heterocycles. The lowest BCUT2D eigenvalue weighted by molar-refractivity contribution is -0.137. The Morgan fingerprint density at radius 2 is 1.91 bits per heavy atom. The first kappa shape index (κ1) is 23.8. The highest BCUT2D eigenvalue weighted by Crippen LogP contribution is 2.39. The van der Waals surface area contributed by atoms with Crippen molar-refractivity contribution >= 4 is 44.6 Å². The van der Waals surface area contributed by atoms with Gasteiger partial charge in [0.1, 0.15) is 18.7 Å². The Bertz CT molecular complexity index is 1260. The fraction of sp³-hybridized carbons (Fsp3) is 0.320. The van der Waals surface area contributed by atoms with Gasteiger partial charge in [-0.15, -0.1) is 0 Å². The SMILES string of the molecule is CC(NC(=O)[C@@]1(C)COc2c(oc3cc(Br)ccc23)C(=O)N1CC(=O)N(C)C)c1ccccc1. The van der Waals surface area contributed by atoms with Crippen LogP contribution < -0.4 is 10.1 Å². The lowest BCUT2D eigenvalue weighted by Crippen LogP contribution is -2.63. The van der Waals surface area contributed by atoms with Crippen molar-refractivity contribution in [3.63, 3.8) is 0 Å². The van der Waals surface area contributed by atoms with E-state index in [0.717, 1.165) is 10.0 Å². The summed E-state index contributed by atoms with van der Waals surface area (Å²) in [4.78, 5) is 42.6. The Morgan fingerprint density at radius 1 is 1.21 bits per heavy atom. The number of carbonyl (C=O) groups is 3. The van der Waals surface area contributed by atoms with Crippen LogP contribution in [0.25, 0.3) is 11.0 Å². The van der Waals surface area contributed by atoms with Gasteiger partial charge in [0.2, 0.25) is 17.6 Å². The van der Waals surface area contributed by atoms with Crippen LogP contribution >= 0.6 is 15.9 Å². The summed E-state index contributed by atoms with van der Waals surface area (Å²) in [6.07, 6.45) is 0. The first-order valence-corrected chi connectivity index (χ1v) is 11.6. The van der Waals surface area contributed by atoms with Crippen molar-refractivity contribution in [1.29, 1.82) is 0 Å². The summed E-state index contributed by atoms with van der Waals surface area (Å²) in [5.74, 6) is -1.11. The van der Waals surface area contributed by atoms with Crippen LogP contribution in [-0.4, -0.2) is 60.3 Å². The van der Waals surface area contributed by atoms with Gasteiger partial charge in [-0.3, -0.25) is 14.4 Å². The van der Waals surface area contributed by atoms with E-state index in [9.17, 15) is 14.4 Å². The molecule has 1 unspecified atom stereocenters. The van der Waals surface area contributed by atoms with Crippen LogP contribution in [0.2, 0.25) is 0 Å². The zero-order chi connectivity index (χ0) is 24.6. The molecule has 0 saturated carbocycles. The van der Waals surface area contributed by atoms with Gasteiger partial charge < -0.3 is 24.3 Å². The van der Waals surface area contributed by atoms with E-state index < -0.39 is 17.4 Å². The second-order valence-corrected chi connectivity index (χ2v) is 9.66. The van der Waals surface area contributed by atoms with Gasteiger partial charge in [0.25, 0.3) is 5.91 Å². The Balaban J connectivity index is 1.73. The summed E-state index contributed by atoms with van der Waals surface area (Å²) in [5, 5.41) is 3.59. The molecule has 0 radical (unpaired) electrons. The number of nitrogens with zero attached hydrogens (tertiary/aromatic N) is 2. The number of amides is 3. The first-order valence-electron chi connectivity index (χ1n) is 10.8. The molecule has 0 spiro atoms. The zero-order valence-electron chi connectivity index (χ0n) is 19.4. The number of benzene rings is 2. The van der Waals surface area contributed by atoms with Gasteiger partial charge >= 0.3 is 0 Å². The summed E-state index contributed by atoms with van der Waals surface area (Å²) in [7, 11) is 3.19. The predicted octanol–water partition coefficient (Wildman–Crippen LogP) is 3.75. The largest absolute Gasteiger partial charge is 0.486 e. The van der Waals surface area contributed by atoms with Crippen molar-refractivity contribution in [3.05, 3.63) is 64.3 Å². The van der Waals surface area contributed by atoms with Gasteiger partial charge in [0, 0.05) is 18.6 Å². The summed E-state index contributed by atoms with van der Waals surface area (Å²) < 4.78 is 12.7. The second kappa shape index (κ2) is 9.13. The number of carbonyl (C=O) groups excluding carboxylic acids is 3. The minimum Gasteiger partial charge on any atom is -0.486 e. The fourth-order valence-electron chi connectivity index (χ4n) is 3.86. The van der Waals surface area contributed by atoms with Crippen molar-refractivity contribution in [2.24, 2.45) is 0 Å². The van der Waals surface area contributed by atoms with Gasteiger partial charge in [0.15, 0.2) is 11.3 Å². The van der Waals surface area contributed by atoms with Crippen LogP contribution in [0, 0.1) is 0 Å². The van der Waals surface area contributed by atoms with E-state index in [4.69, 9.17) is 9.15 Å². The smallest absolute Gasteiger partial charge is 0.295 e. The molecule has 1 aromatic heterocycles. The number of halogens is 1. The molecule has 0 saturated heterocycles. The van der Waals surface area contributed by atoms with Gasteiger partial charge in [-0.25, -0.2) is 0 Å². The van der Waals surface area contributed by atoms with Gasteiger partial charge in [-0.1, -0.05) is 46.3 Å². The normalized spacial score (nSPS) is 18.6. The topological polar surface area (TPSA) is 92.1 Å². The maximum Gasteiger partial charge on any atom is 0.295 e. The van der Waals surface area contributed by atoms with Crippen LogP contribution in [0.1, 0.15) is 36.0 Å². The number of likely N-dealkylation sites (N-methyl/N-ethyl adjacent to an activating group) is 1. The Morgan fingerprint density at radius 3 is 2.59 bits per heavy atom. The third-order valence-electron chi connectivity index (χ3n) is 6.07. The molecule has 0 bridgehead atoms. The molecule has 1 aliphatic heterocycles. The minimum absolute atomic E-state index is 0.0349. The summed E-state index contributed by atoms with van der Waals surface area (Å²) in [6, 6.07) is 14.5. The van der Waals surface area contributed by atoms with Gasteiger partial charge in [-0.05, 0) is 37.6 Å². The maximum atomic E-state index is 13.7. The van der Waals surface area contributed by atoms with Crippen LogP contribution in [0.15, 0.2) is 57.4 Å². The third kappa shape index (κ3) is 4.27. The van der Waals surface area contributed by atoms with Gasteiger partial charge in [-0.2, -0.15) is 0 Å². The Kier molecular flexibility index (Phi) is 6.40. The van der Waals surface area contributed by atoms with E-state index in [0.29, 0.717) is 11.0 Å². The van der Waals surface area contributed by atoms with Crippen molar-refractivity contribution in [3.8, 4) is 5.75 Å². The number of fused-ring (bicyclic) bond motifs is 3. The number of ether oxygens (including phenoxy) is 1. The molecule has 3 aromatic rings. The van der Waals surface area contributed by atoms with Crippen LogP contribution in [0.4, 0.5) is 0 Å². The summed E-state index contributed by atoms with van der Waals surface area (Å²) in [5.41, 5.74) is -0.0771. The number of hydrogen-bond donors (Lipinski definition) is 1. The predicted molar refractivity (Wildman–Crippen MR) is 131 cm³/mol. The van der Waals surface area contributed by atoms with Crippen LogP contribution in [0.3, 0.4) is 0 Å². The molecule has 9 heteroatoms. The van der Waals surface area contributed by atoms with E-state index in [2.05, 4.69) is 21.2 Å². The number of nitrogens with one attached hydrogen (secondary N) is 1. The molecular weight excluding hydrogens is 502 g/mol. The average Bonchev–Trinajstić information content (AvgIpc) is 3.13.